The predicted molar refractivity (Wildman–Crippen MR) is 93.2 cm³/mol. The number of benzene rings is 3. The summed E-state index contributed by atoms with van der Waals surface area (Å²) in [5.74, 6) is 0. The Hall–Kier alpha value is -2.54. The van der Waals surface area contributed by atoms with Crippen LogP contribution in [0.4, 0.5) is 5.69 Å². The minimum absolute atomic E-state index is 0.308. The fourth-order valence-electron chi connectivity index (χ4n) is 3.31. The summed E-state index contributed by atoms with van der Waals surface area (Å²) in [7, 11) is 0. The summed E-state index contributed by atoms with van der Waals surface area (Å²) >= 11 is 0. The van der Waals surface area contributed by atoms with E-state index in [1.54, 1.807) is 0 Å². The summed E-state index contributed by atoms with van der Waals surface area (Å²) < 4.78 is 0. The molecular weight excluding hydrogens is 266 g/mol. The average Bonchev–Trinajstić information content (AvgIpc) is 2.93. The number of hydrogen-bond acceptors (Lipinski definition) is 1. The van der Waals surface area contributed by atoms with E-state index in [-0.39, 0.29) is 0 Å². The zero-order chi connectivity index (χ0) is 14.9. The molecule has 0 spiro atoms. The van der Waals surface area contributed by atoms with Crippen molar-refractivity contribution >= 4 is 5.69 Å². The van der Waals surface area contributed by atoms with Crippen LogP contribution in [0, 0.1) is 0 Å². The van der Waals surface area contributed by atoms with E-state index in [0.29, 0.717) is 6.04 Å². The molecule has 3 aromatic carbocycles. The maximum absolute atomic E-state index is 3.61. The summed E-state index contributed by atoms with van der Waals surface area (Å²) in [6, 6.07) is 26.3. The van der Waals surface area contributed by atoms with Gasteiger partial charge in [-0.15, -0.1) is 0 Å². The van der Waals surface area contributed by atoms with Crippen molar-refractivity contribution in [3.8, 4) is 11.1 Å². The third-order valence-corrected chi connectivity index (χ3v) is 4.48. The Bertz CT molecular complexity index is 805. The first kappa shape index (κ1) is 13.1. The Morgan fingerprint density at radius 3 is 2.36 bits per heavy atom. The fourth-order valence-corrected chi connectivity index (χ4v) is 3.31. The second kappa shape index (κ2) is 5.34. The molecule has 0 aromatic heterocycles. The van der Waals surface area contributed by atoms with Crippen molar-refractivity contribution in [1.82, 2.24) is 0 Å². The van der Waals surface area contributed by atoms with Crippen LogP contribution in [0.15, 0.2) is 72.8 Å². The van der Waals surface area contributed by atoms with Gasteiger partial charge in [0.25, 0.3) is 0 Å². The molecule has 1 N–H and O–H groups in total. The molecule has 108 valence electrons. The molecular formula is C21H19N. The minimum atomic E-state index is 0.308. The summed E-state index contributed by atoms with van der Waals surface area (Å²) in [5, 5.41) is 3.61. The first-order valence-electron chi connectivity index (χ1n) is 7.84. The van der Waals surface area contributed by atoms with Gasteiger partial charge in [-0.3, -0.25) is 0 Å². The van der Waals surface area contributed by atoms with E-state index in [2.05, 4.69) is 85.0 Å². The van der Waals surface area contributed by atoms with Crippen molar-refractivity contribution < 1.29 is 0 Å². The molecule has 0 radical (unpaired) electrons. The summed E-state index contributed by atoms with van der Waals surface area (Å²) in [5.41, 5.74) is 8.14. The number of anilines is 1. The Kier molecular flexibility index (Phi) is 3.19. The molecule has 1 nitrogen and oxygen atoms in total. The third-order valence-electron chi connectivity index (χ3n) is 4.48. The Balaban J connectivity index is 1.60. The zero-order valence-electron chi connectivity index (χ0n) is 12.7. The van der Waals surface area contributed by atoms with E-state index in [9.17, 15) is 0 Å². The predicted octanol–water partition coefficient (Wildman–Crippen LogP) is 5.43. The molecule has 1 aliphatic rings. The van der Waals surface area contributed by atoms with Gasteiger partial charge in [0.15, 0.2) is 0 Å². The van der Waals surface area contributed by atoms with E-state index in [4.69, 9.17) is 0 Å². The van der Waals surface area contributed by atoms with Gasteiger partial charge in [0.2, 0.25) is 0 Å². The highest BCUT2D eigenvalue weighted by Gasteiger charge is 2.18. The van der Waals surface area contributed by atoms with Gasteiger partial charge in [0.05, 0.1) is 0 Å². The van der Waals surface area contributed by atoms with Gasteiger partial charge in [0, 0.05) is 11.7 Å². The maximum Gasteiger partial charge on any atom is 0.0485 e. The number of fused-ring (bicyclic) bond motifs is 3. The van der Waals surface area contributed by atoms with Gasteiger partial charge in [0.1, 0.15) is 0 Å². The lowest BCUT2D eigenvalue weighted by atomic mass is 10.0. The van der Waals surface area contributed by atoms with E-state index in [1.807, 2.05) is 0 Å². The number of nitrogens with one attached hydrogen (secondary N) is 1. The molecule has 0 aliphatic heterocycles. The van der Waals surface area contributed by atoms with Gasteiger partial charge in [-0.2, -0.15) is 0 Å². The Labute approximate surface area is 131 Å². The molecule has 1 aliphatic carbocycles. The number of hydrogen-bond donors (Lipinski definition) is 1. The van der Waals surface area contributed by atoms with Crippen LogP contribution in [0.25, 0.3) is 11.1 Å². The van der Waals surface area contributed by atoms with Gasteiger partial charge >= 0.3 is 0 Å². The second-order valence-corrected chi connectivity index (χ2v) is 5.98. The van der Waals surface area contributed by atoms with Crippen molar-refractivity contribution in [3.63, 3.8) is 0 Å². The Morgan fingerprint density at radius 1 is 0.773 bits per heavy atom. The zero-order valence-corrected chi connectivity index (χ0v) is 12.7. The quantitative estimate of drug-likeness (QED) is 0.529. The molecule has 0 saturated heterocycles. The first-order chi connectivity index (χ1) is 10.8. The normalized spacial score (nSPS) is 13.3. The van der Waals surface area contributed by atoms with E-state index in [0.717, 1.165) is 6.42 Å². The maximum atomic E-state index is 3.61. The second-order valence-electron chi connectivity index (χ2n) is 5.98. The van der Waals surface area contributed by atoms with Crippen molar-refractivity contribution in [2.45, 2.75) is 19.4 Å². The van der Waals surface area contributed by atoms with Crippen molar-refractivity contribution in [2.75, 3.05) is 5.32 Å². The largest absolute Gasteiger partial charge is 0.379 e. The van der Waals surface area contributed by atoms with Crippen molar-refractivity contribution in [3.05, 3.63) is 89.5 Å². The molecule has 0 amide bonds. The third kappa shape index (κ3) is 2.29. The molecule has 0 fully saturated rings. The lowest BCUT2D eigenvalue weighted by Crippen LogP contribution is -2.06. The van der Waals surface area contributed by atoms with Crippen LogP contribution in [-0.2, 0) is 6.42 Å². The van der Waals surface area contributed by atoms with Gasteiger partial charge in [-0.25, -0.2) is 0 Å². The topological polar surface area (TPSA) is 12.0 Å². The highest BCUT2D eigenvalue weighted by molar-refractivity contribution is 5.78. The number of rotatable bonds is 3. The van der Waals surface area contributed by atoms with Crippen LogP contribution in [0.5, 0.6) is 0 Å². The standard InChI is InChI=1S/C21H19N/c1-15(16-7-3-2-4-8-16)22-19-11-12-21-18(14-19)13-17-9-5-6-10-20(17)21/h2-12,14-15,22H,13H2,1H3/t15-/m1/s1. The average molecular weight is 285 g/mol. The highest BCUT2D eigenvalue weighted by atomic mass is 14.9. The molecule has 0 unspecified atom stereocenters. The van der Waals surface area contributed by atoms with E-state index < -0.39 is 0 Å². The van der Waals surface area contributed by atoms with Crippen molar-refractivity contribution in [2.24, 2.45) is 0 Å². The van der Waals surface area contributed by atoms with Gasteiger partial charge in [-0.05, 0) is 53.3 Å². The summed E-state index contributed by atoms with van der Waals surface area (Å²) in [6.45, 7) is 2.21. The van der Waals surface area contributed by atoms with E-state index in [1.165, 1.54) is 33.5 Å². The van der Waals surface area contributed by atoms with E-state index >= 15 is 0 Å². The van der Waals surface area contributed by atoms with Crippen LogP contribution in [0.1, 0.15) is 29.7 Å². The molecule has 0 saturated carbocycles. The lowest BCUT2D eigenvalue weighted by Gasteiger charge is -2.16. The molecule has 22 heavy (non-hydrogen) atoms. The van der Waals surface area contributed by atoms with Crippen LogP contribution in [0.2, 0.25) is 0 Å². The van der Waals surface area contributed by atoms with Crippen LogP contribution < -0.4 is 5.32 Å². The Morgan fingerprint density at radius 2 is 1.50 bits per heavy atom. The fraction of sp³-hybridized carbons (Fsp3) is 0.143. The van der Waals surface area contributed by atoms with Crippen molar-refractivity contribution in [1.29, 1.82) is 0 Å². The monoisotopic (exact) mass is 285 g/mol. The van der Waals surface area contributed by atoms with Crippen LogP contribution in [0.3, 0.4) is 0 Å². The smallest absolute Gasteiger partial charge is 0.0485 e. The summed E-state index contributed by atoms with van der Waals surface area (Å²) in [4.78, 5) is 0. The SMILES string of the molecule is C[C@@H](Nc1ccc2c(c1)Cc1ccccc1-2)c1ccccc1. The molecule has 1 atom stereocenters. The molecule has 1 heteroatoms. The lowest BCUT2D eigenvalue weighted by molar-refractivity contribution is 0.884. The highest BCUT2D eigenvalue weighted by Crippen LogP contribution is 2.38. The minimum Gasteiger partial charge on any atom is -0.379 e. The first-order valence-corrected chi connectivity index (χ1v) is 7.84. The molecule has 3 aromatic rings. The molecule has 0 heterocycles. The van der Waals surface area contributed by atoms with Gasteiger partial charge < -0.3 is 5.32 Å². The van der Waals surface area contributed by atoms with Crippen LogP contribution in [-0.4, -0.2) is 0 Å². The van der Waals surface area contributed by atoms with Gasteiger partial charge in [-0.1, -0.05) is 60.7 Å². The molecule has 4 rings (SSSR count). The van der Waals surface area contributed by atoms with Crippen LogP contribution >= 0.6 is 0 Å². The molecule has 0 bridgehead atoms. The summed E-state index contributed by atoms with van der Waals surface area (Å²) in [6.07, 6.45) is 1.04.